The van der Waals surface area contributed by atoms with Crippen LogP contribution in [0.4, 0.5) is 0 Å². The average Bonchev–Trinajstić information content (AvgIpc) is 3.29. The molecule has 0 rings (SSSR count). The van der Waals surface area contributed by atoms with Gasteiger partial charge in [0.05, 0.1) is 0 Å². The molecule has 0 N–H and O–H groups in total. The van der Waals surface area contributed by atoms with Crippen LogP contribution in [0, 0.1) is 0 Å². The van der Waals surface area contributed by atoms with Gasteiger partial charge in [-0.15, -0.1) is 0 Å². The van der Waals surface area contributed by atoms with Crippen LogP contribution in [0.3, 0.4) is 0 Å². The second kappa shape index (κ2) is 53.8. The number of carbonyl (C=O) groups excluding carboxylic acids is 3. The monoisotopic (exact) mass is 903 g/mol. The molecule has 0 aliphatic heterocycles. The van der Waals surface area contributed by atoms with Crippen molar-refractivity contribution >= 4 is 17.9 Å². The van der Waals surface area contributed by atoms with E-state index in [1.807, 2.05) is 0 Å². The molecule has 0 bridgehead atoms. The van der Waals surface area contributed by atoms with E-state index in [1.54, 1.807) is 0 Å². The minimum atomic E-state index is -0.766. The Kier molecular flexibility index (Phi) is 52.2. The van der Waals surface area contributed by atoms with E-state index < -0.39 is 6.10 Å². The van der Waals surface area contributed by atoms with Gasteiger partial charge in [0.25, 0.3) is 0 Å². The van der Waals surface area contributed by atoms with Gasteiger partial charge in [0.1, 0.15) is 13.2 Å². The van der Waals surface area contributed by atoms with Crippen molar-refractivity contribution in [2.24, 2.45) is 0 Å². The maximum absolute atomic E-state index is 12.8. The summed E-state index contributed by atoms with van der Waals surface area (Å²) in [6, 6.07) is 0. The molecule has 0 spiro atoms. The zero-order valence-corrected chi connectivity index (χ0v) is 43.3. The summed E-state index contributed by atoms with van der Waals surface area (Å²) in [5.41, 5.74) is 0. The number of hydrogen-bond acceptors (Lipinski definition) is 6. The Bertz CT molecular complexity index is 993. The predicted molar refractivity (Wildman–Crippen MR) is 275 cm³/mol. The summed E-state index contributed by atoms with van der Waals surface area (Å²) in [5.74, 6) is -0.846. The Hall–Kier alpha value is -1.85. The third-order valence-electron chi connectivity index (χ3n) is 13.0. The molecule has 0 saturated heterocycles. The highest BCUT2D eigenvalue weighted by Gasteiger charge is 2.19. The first kappa shape index (κ1) is 62.1. The summed E-state index contributed by atoms with van der Waals surface area (Å²) in [5, 5.41) is 0. The number of allylic oxidation sites excluding steroid dienone is 2. The van der Waals surface area contributed by atoms with Crippen LogP contribution in [0.5, 0.6) is 0 Å². The minimum absolute atomic E-state index is 0.0658. The van der Waals surface area contributed by atoms with Gasteiger partial charge >= 0.3 is 17.9 Å². The van der Waals surface area contributed by atoms with E-state index in [2.05, 4.69) is 32.9 Å². The highest BCUT2D eigenvalue weighted by molar-refractivity contribution is 5.71. The molecular formula is C58H110O6. The molecular weight excluding hydrogens is 793 g/mol. The minimum Gasteiger partial charge on any atom is -0.462 e. The summed E-state index contributed by atoms with van der Waals surface area (Å²) in [4.78, 5) is 38.1. The molecule has 0 saturated carbocycles. The number of carbonyl (C=O) groups is 3. The quantitative estimate of drug-likeness (QED) is 0.0262. The fourth-order valence-corrected chi connectivity index (χ4v) is 8.68. The molecule has 378 valence electrons. The molecule has 0 aromatic carbocycles. The summed E-state index contributed by atoms with van der Waals surface area (Å²) in [6.45, 7) is 6.68. The largest absolute Gasteiger partial charge is 0.462 e. The molecule has 6 heteroatoms. The Morgan fingerprint density at radius 3 is 0.797 bits per heavy atom. The van der Waals surface area contributed by atoms with Crippen molar-refractivity contribution < 1.29 is 28.6 Å². The van der Waals surface area contributed by atoms with Gasteiger partial charge in [0.15, 0.2) is 6.10 Å². The van der Waals surface area contributed by atoms with Crippen LogP contribution >= 0.6 is 0 Å². The number of esters is 3. The standard InChI is InChI=1S/C58H110O6/c1-4-7-10-13-16-19-22-25-28-29-31-33-36-39-42-45-48-51-57(60)63-54-55(53-62-56(59)50-47-44-41-38-35-32-27-24-21-18-15-12-9-6-3)64-58(61)52-49-46-43-40-37-34-30-26-23-20-17-14-11-8-5-2/h20,23,55H,4-19,21-22,24-54H2,1-3H3/b23-20-. The van der Waals surface area contributed by atoms with Crippen molar-refractivity contribution in [1.29, 1.82) is 0 Å². The van der Waals surface area contributed by atoms with Gasteiger partial charge in [-0.2, -0.15) is 0 Å². The van der Waals surface area contributed by atoms with Crippen LogP contribution < -0.4 is 0 Å². The topological polar surface area (TPSA) is 78.9 Å². The fourth-order valence-electron chi connectivity index (χ4n) is 8.68. The zero-order valence-electron chi connectivity index (χ0n) is 43.3. The average molecular weight is 904 g/mol. The molecule has 0 aromatic rings. The second-order valence-electron chi connectivity index (χ2n) is 19.6. The van der Waals surface area contributed by atoms with Crippen molar-refractivity contribution in [3.8, 4) is 0 Å². The third-order valence-corrected chi connectivity index (χ3v) is 13.0. The van der Waals surface area contributed by atoms with E-state index in [4.69, 9.17) is 14.2 Å². The van der Waals surface area contributed by atoms with E-state index in [0.29, 0.717) is 19.3 Å². The normalized spacial score (nSPS) is 12.0. The fraction of sp³-hybridized carbons (Fsp3) is 0.914. The second-order valence-corrected chi connectivity index (χ2v) is 19.6. The lowest BCUT2D eigenvalue weighted by atomic mass is 10.0. The van der Waals surface area contributed by atoms with E-state index in [0.717, 1.165) is 57.8 Å². The lowest BCUT2D eigenvalue weighted by Gasteiger charge is -2.18. The zero-order chi connectivity index (χ0) is 46.5. The van der Waals surface area contributed by atoms with E-state index >= 15 is 0 Å². The van der Waals surface area contributed by atoms with Gasteiger partial charge in [-0.05, 0) is 44.9 Å². The highest BCUT2D eigenvalue weighted by atomic mass is 16.6. The lowest BCUT2D eigenvalue weighted by Crippen LogP contribution is -2.30. The summed E-state index contributed by atoms with van der Waals surface area (Å²) < 4.78 is 16.9. The molecule has 0 heterocycles. The number of rotatable bonds is 53. The summed E-state index contributed by atoms with van der Waals surface area (Å²) >= 11 is 0. The van der Waals surface area contributed by atoms with Gasteiger partial charge in [0.2, 0.25) is 0 Å². The van der Waals surface area contributed by atoms with E-state index in [1.165, 1.54) is 225 Å². The van der Waals surface area contributed by atoms with E-state index in [9.17, 15) is 14.4 Å². The van der Waals surface area contributed by atoms with Crippen LogP contribution in [0.2, 0.25) is 0 Å². The van der Waals surface area contributed by atoms with Crippen LogP contribution in [0.25, 0.3) is 0 Å². The van der Waals surface area contributed by atoms with Crippen molar-refractivity contribution in [2.45, 2.75) is 329 Å². The van der Waals surface area contributed by atoms with Gasteiger partial charge in [-0.25, -0.2) is 0 Å². The molecule has 0 aliphatic rings. The van der Waals surface area contributed by atoms with Gasteiger partial charge < -0.3 is 14.2 Å². The molecule has 6 nitrogen and oxygen atoms in total. The van der Waals surface area contributed by atoms with Crippen LogP contribution in [-0.4, -0.2) is 37.2 Å². The molecule has 0 radical (unpaired) electrons. The maximum atomic E-state index is 12.8. The van der Waals surface area contributed by atoms with Crippen LogP contribution in [0.1, 0.15) is 323 Å². The molecule has 1 atom stereocenters. The maximum Gasteiger partial charge on any atom is 0.306 e. The van der Waals surface area contributed by atoms with Crippen LogP contribution in [0.15, 0.2) is 12.2 Å². The molecule has 1 unspecified atom stereocenters. The molecule has 0 amide bonds. The molecule has 64 heavy (non-hydrogen) atoms. The SMILES string of the molecule is CCCCCC/C=C\CCCCCCCCCC(=O)OC(COC(=O)CCCCCCCCCCCCCCCC)COC(=O)CCCCCCCCCCCCCCCCCCC. The Morgan fingerprint density at radius 2 is 0.516 bits per heavy atom. The first-order valence-corrected chi connectivity index (χ1v) is 28.7. The van der Waals surface area contributed by atoms with Crippen LogP contribution in [-0.2, 0) is 28.6 Å². The van der Waals surface area contributed by atoms with Gasteiger partial charge in [-0.1, -0.05) is 270 Å². The smallest absolute Gasteiger partial charge is 0.306 e. The van der Waals surface area contributed by atoms with Crippen molar-refractivity contribution in [2.75, 3.05) is 13.2 Å². The van der Waals surface area contributed by atoms with Crippen molar-refractivity contribution in [1.82, 2.24) is 0 Å². The van der Waals surface area contributed by atoms with Gasteiger partial charge in [-0.3, -0.25) is 14.4 Å². The van der Waals surface area contributed by atoms with Gasteiger partial charge in [0, 0.05) is 19.3 Å². The molecule has 0 fully saturated rings. The van der Waals surface area contributed by atoms with Crippen molar-refractivity contribution in [3.05, 3.63) is 12.2 Å². The van der Waals surface area contributed by atoms with Crippen molar-refractivity contribution in [3.63, 3.8) is 0 Å². The number of hydrogen-bond donors (Lipinski definition) is 0. The third kappa shape index (κ3) is 51.1. The highest BCUT2D eigenvalue weighted by Crippen LogP contribution is 2.17. The first-order valence-electron chi connectivity index (χ1n) is 28.7. The number of ether oxygens (including phenoxy) is 3. The lowest BCUT2D eigenvalue weighted by molar-refractivity contribution is -0.167. The first-order chi connectivity index (χ1) is 31.5. The van der Waals surface area contributed by atoms with E-state index in [-0.39, 0.29) is 31.1 Å². The summed E-state index contributed by atoms with van der Waals surface area (Å²) in [6.07, 6.45) is 60.5. The Labute approximate surface area is 399 Å². The Balaban J connectivity index is 4.31. The molecule has 0 aromatic heterocycles. The molecule has 0 aliphatic carbocycles. The number of unbranched alkanes of at least 4 members (excludes halogenated alkanes) is 40. The predicted octanol–water partition coefficient (Wildman–Crippen LogP) is 18.9. The Morgan fingerprint density at radius 1 is 0.297 bits per heavy atom. The summed E-state index contributed by atoms with van der Waals surface area (Å²) in [7, 11) is 0.